The molecule has 0 aliphatic carbocycles. The molecule has 0 aliphatic heterocycles. The van der Waals surface area contributed by atoms with Crippen LogP contribution in [-0.4, -0.2) is 11.5 Å². The molecule has 1 nitrogen and oxygen atoms in total. The Morgan fingerprint density at radius 2 is 1.89 bits per heavy atom. The van der Waals surface area contributed by atoms with E-state index < -0.39 is 0 Å². The summed E-state index contributed by atoms with van der Waals surface area (Å²) in [6, 6.07) is 10.1. The van der Waals surface area contributed by atoms with Crippen LogP contribution in [-0.2, 0) is 5.75 Å². The van der Waals surface area contributed by atoms with Gasteiger partial charge in [0, 0.05) is 5.75 Å². The van der Waals surface area contributed by atoms with Crippen LogP contribution in [0.15, 0.2) is 30.3 Å². The van der Waals surface area contributed by atoms with E-state index in [0.29, 0.717) is 10.1 Å². The number of rotatable bonds is 5. The van der Waals surface area contributed by atoms with E-state index in [1.807, 2.05) is 0 Å². The van der Waals surface area contributed by atoms with Crippen LogP contribution in [0.25, 0.3) is 0 Å². The fraction of sp³-hybridized carbons (Fsp3) is 0.267. The van der Waals surface area contributed by atoms with Crippen molar-refractivity contribution in [2.45, 2.75) is 19.6 Å². The molecule has 1 heterocycles. The Balaban J connectivity index is 1.88. The van der Waals surface area contributed by atoms with Gasteiger partial charge in [-0.15, -0.1) is 23.1 Å². The summed E-state index contributed by atoms with van der Waals surface area (Å²) < 4.78 is 0.669. The standard InChI is InChI=1S/C15H15ClOS2/c1-10-5-11(2)7-12(6-10)8-18-9-13(17)14-3-4-15(16)19-14/h3-7H,8-9H2,1-2H3. The molecule has 100 valence electrons. The zero-order chi connectivity index (χ0) is 13.8. The van der Waals surface area contributed by atoms with Crippen molar-refractivity contribution in [2.24, 2.45) is 0 Å². The van der Waals surface area contributed by atoms with Crippen LogP contribution in [0.5, 0.6) is 0 Å². The average Bonchev–Trinajstić information content (AvgIpc) is 2.74. The van der Waals surface area contributed by atoms with Crippen LogP contribution in [0.1, 0.15) is 26.4 Å². The van der Waals surface area contributed by atoms with Crippen molar-refractivity contribution < 1.29 is 4.79 Å². The summed E-state index contributed by atoms with van der Waals surface area (Å²) in [4.78, 5) is 12.7. The molecule has 19 heavy (non-hydrogen) atoms. The number of carbonyl (C=O) groups excluding carboxylic acids is 1. The first kappa shape index (κ1) is 14.6. The molecule has 0 atom stereocenters. The van der Waals surface area contributed by atoms with Gasteiger partial charge in [0.1, 0.15) is 0 Å². The number of hydrogen-bond donors (Lipinski definition) is 0. The van der Waals surface area contributed by atoms with E-state index >= 15 is 0 Å². The molecular formula is C15H15ClOS2. The molecule has 0 spiro atoms. The largest absolute Gasteiger partial charge is 0.292 e. The maximum atomic E-state index is 11.9. The summed E-state index contributed by atoms with van der Waals surface area (Å²) in [6.07, 6.45) is 0. The Bertz CT molecular complexity index is 569. The molecule has 0 unspecified atom stereocenters. The van der Waals surface area contributed by atoms with Gasteiger partial charge in [0.05, 0.1) is 15.0 Å². The number of benzene rings is 1. The lowest BCUT2D eigenvalue weighted by atomic mass is 10.1. The highest BCUT2D eigenvalue weighted by atomic mass is 35.5. The fourth-order valence-electron chi connectivity index (χ4n) is 1.95. The van der Waals surface area contributed by atoms with E-state index in [-0.39, 0.29) is 5.78 Å². The molecule has 0 saturated carbocycles. The van der Waals surface area contributed by atoms with Crippen LogP contribution in [0, 0.1) is 13.8 Å². The molecule has 0 radical (unpaired) electrons. The number of aryl methyl sites for hydroxylation is 2. The average molecular weight is 311 g/mol. The highest BCUT2D eigenvalue weighted by molar-refractivity contribution is 7.99. The predicted octanol–water partition coefficient (Wildman–Crippen LogP) is 5.13. The fourth-order valence-corrected chi connectivity index (χ4v) is 3.87. The van der Waals surface area contributed by atoms with Crippen molar-refractivity contribution in [3.63, 3.8) is 0 Å². The van der Waals surface area contributed by atoms with Crippen molar-refractivity contribution in [1.29, 1.82) is 0 Å². The zero-order valence-corrected chi connectivity index (χ0v) is 13.3. The van der Waals surface area contributed by atoms with Crippen LogP contribution < -0.4 is 0 Å². The predicted molar refractivity (Wildman–Crippen MR) is 85.7 cm³/mol. The summed E-state index contributed by atoms with van der Waals surface area (Å²) in [7, 11) is 0. The SMILES string of the molecule is Cc1cc(C)cc(CSCC(=O)c2ccc(Cl)s2)c1. The van der Waals surface area contributed by atoms with Crippen LogP contribution in [0.3, 0.4) is 0 Å². The molecule has 0 bridgehead atoms. The topological polar surface area (TPSA) is 17.1 Å². The smallest absolute Gasteiger partial charge is 0.182 e. The highest BCUT2D eigenvalue weighted by Gasteiger charge is 2.09. The number of thioether (sulfide) groups is 1. The molecule has 0 N–H and O–H groups in total. The Labute approximate surface area is 127 Å². The number of ketones is 1. The molecule has 4 heteroatoms. The van der Waals surface area contributed by atoms with E-state index in [1.165, 1.54) is 28.0 Å². The summed E-state index contributed by atoms with van der Waals surface area (Å²) in [5.74, 6) is 1.53. The van der Waals surface area contributed by atoms with Gasteiger partial charge < -0.3 is 0 Å². The van der Waals surface area contributed by atoms with Gasteiger partial charge in [0.15, 0.2) is 5.78 Å². The lowest BCUT2D eigenvalue weighted by Gasteiger charge is -2.04. The number of hydrogen-bond acceptors (Lipinski definition) is 3. The van der Waals surface area contributed by atoms with Gasteiger partial charge in [0.2, 0.25) is 0 Å². The van der Waals surface area contributed by atoms with Crippen molar-refractivity contribution in [3.8, 4) is 0 Å². The van der Waals surface area contributed by atoms with Gasteiger partial charge in [-0.25, -0.2) is 0 Å². The number of Topliss-reactive ketones (excluding diaryl/α,β-unsaturated/α-hetero) is 1. The van der Waals surface area contributed by atoms with Crippen LogP contribution in [0.2, 0.25) is 4.34 Å². The molecule has 0 fully saturated rings. The van der Waals surface area contributed by atoms with E-state index in [1.54, 1.807) is 23.9 Å². The second kappa shape index (κ2) is 6.60. The van der Waals surface area contributed by atoms with Gasteiger partial charge in [-0.3, -0.25) is 4.79 Å². The van der Waals surface area contributed by atoms with Gasteiger partial charge >= 0.3 is 0 Å². The summed E-state index contributed by atoms with van der Waals surface area (Å²) in [6.45, 7) is 4.19. The van der Waals surface area contributed by atoms with Crippen molar-refractivity contribution in [3.05, 3.63) is 56.2 Å². The first-order chi connectivity index (χ1) is 9.04. The van der Waals surface area contributed by atoms with Gasteiger partial charge in [-0.05, 0) is 31.5 Å². The molecule has 0 saturated heterocycles. The molecule has 0 aliphatic rings. The Morgan fingerprint density at radius 1 is 1.21 bits per heavy atom. The van der Waals surface area contributed by atoms with E-state index in [9.17, 15) is 4.79 Å². The number of carbonyl (C=O) groups is 1. The molecule has 0 amide bonds. The maximum Gasteiger partial charge on any atom is 0.182 e. The third-order valence-electron chi connectivity index (χ3n) is 2.63. The second-order valence-corrected chi connectivity index (χ2v) is 7.22. The summed E-state index contributed by atoms with van der Waals surface area (Å²) in [5.41, 5.74) is 3.82. The molecular weight excluding hydrogens is 296 g/mol. The normalized spacial score (nSPS) is 10.7. The van der Waals surface area contributed by atoms with E-state index in [0.717, 1.165) is 10.6 Å². The Hall–Kier alpha value is -0.770. The van der Waals surface area contributed by atoms with Crippen molar-refractivity contribution in [1.82, 2.24) is 0 Å². The molecule has 2 rings (SSSR count). The minimum Gasteiger partial charge on any atom is -0.292 e. The zero-order valence-electron chi connectivity index (χ0n) is 10.9. The van der Waals surface area contributed by atoms with E-state index in [2.05, 4.69) is 32.0 Å². The third kappa shape index (κ3) is 4.37. The maximum absolute atomic E-state index is 11.9. The highest BCUT2D eigenvalue weighted by Crippen LogP contribution is 2.23. The number of thiophene rings is 1. The molecule has 2 aromatic rings. The Kier molecular flexibility index (Phi) is 5.08. The van der Waals surface area contributed by atoms with Gasteiger partial charge in [0.25, 0.3) is 0 Å². The first-order valence-corrected chi connectivity index (χ1v) is 8.33. The van der Waals surface area contributed by atoms with E-state index in [4.69, 9.17) is 11.6 Å². The first-order valence-electron chi connectivity index (χ1n) is 5.98. The Morgan fingerprint density at radius 3 is 2.47 bits per heavy atom. The quantitative estimate of drug-likeness (QED) is 0.712. The monoisotopic (exact) mass is 310 g/mol. The third-order valence-corrected chi connectivity index (χ3v) is 4.91. The van der Waals surface area contributed by atoms with Gasteiger partial charge in [-0.1, -0.05) is 40.9 Å². The molecule has 1 aromatic carbocycles. The molecule has 1 aromatic heterocycles. The second-order valence-electron chi connectivity index (χ2n) is 4.52. The summed E-state index contributed by atoms with van der Waals surface area (Å²) >= 11 is 8.83. The minimum absolute atomic E-state index is 0.159. The van der Waals surface area contributed by atoms with Crippen molar-refractivity contribution >= 4 is 40.5 Å². The lowest BCUT2D eigenvalue weighted by Crippen LogP contribution is -1.99. The van der Waals surface area contributed by atoms with Crippen LogP contribution >= 0.6 is 34.7 Å². The number of halogens is 1. The lowest BCUT2D eigenvalue weighted by molar-refractivity contribution is 0.102. The minimum atomic E-state index is 0.159. The van der Waals surface area contributed by atoms with Gasteiger partial charge in [-0.2, -0.15) is 0 Å². The summed E-state index contributed by atoms with van der Waals surface area (Å²) in [5, 5.41) is 0. The van der Waals surface area contributed by atoms with Crippen molar-refractivity contribution in [2.75, 3.05) is 5.75 Å². The van der Waals surface area contributed by atoms with Crippen LogP contribution in [0.4, 0.5) is 0 Å².